The quantitative estimate of drug-likeness (QED) is 0.823. The molecular formula is C9H10F3NO2. The van der Waals surface area contributed by atoms with Crippen LogP contribution in [0.15, 0.2) is 6.07 Å². The van der Waals surface area contributed by atoms with Crippen molar-refractivity contribution in [1.82, 2.24) is 4.98 Å². The number of nitrogens with one attached hydrogen (secondary N) is 1. The summed E-state index contributed by atoms with van der Waals surface area (Å²) in [5.41, 5.74) is 0.783. The van der Waals surface area contributed by atoms with Gasteiger partial charge in [-0.25, -0.2) is 4.79 Å². The summed E-state index contributed by atoms with van der Waals surface area (Å²) in [5.74, 6) is -1.17. The van der Waals surface area contributed by atoms with Gasteiger partial charge in [-0.15, -0.1) is 0 Å². The maximum atomic E-state index is 11.9. The molecule has 84 valence electrons. The fourth-order valence-electron chi connectivity index (χ4n) is 1.25. The Morgan fingerprint density at radius 1 is 1.53 bits per heavy atom. The Hall–Kier alpha value is -1.46. The van der Waals surface area contributed by atoms with E-state index in [9.17, 15) is 18.0 Å². The van der Waals surface area contributed by atoms with Gasteiger partial charge in [-0.2, -0.15) is 13.2 Å². The van der Waals surface area contributed by atoms with Crippen LogP contribution < -0.4 is 0 Å². The van der Waals surface area contributed by atoms with Crippen LogP contribution in [0.25, 0.3) is 0 Å². The molecule has 0 aliphatic rings. The summed E-state index contributed by atoms with van der Waals surface area (Å²) in [4.78, 5) is 13.0. The Bertz CT molecular complexity index is 368. The first-order valence-corrected chi connectivity index (χ1v) is 4.28. The van der Waals surface area contributed by atoms with Gasteiger partial charge >= 0.3 is 12.1 Å². The SMILES string of the molecule is Cc1[nH]c(C(=O)O)cc1CCC(F)(F)F. The molecule has 0 unspecified atom stereocenters. The number of carbonyl (C=O) groups is 1. The summed E-state index contributed by atoms with van der Waals surface area (Å²) in [6.07, 6.45) is -5.35. The molecule has 0 saturated carbocycles. The van der Waals surface area contributed by atoms with Crippen LogP contribution in [0, 0.1) is 6.92 Å². The molecule has 1 aromatic heterocycles. The first kappa shape index (κ1) is 11.6. The van der Waals surface area contributed by atoms with E-state index in [1.807, 2.05) is 0 Å². The van der Waals surface area contributed by atoms with Gasteiger partial charge < -0.3 is 10.1 Å². The zero-order chi connectivity index (χ0) is 11.6. The van der Waals surface area contributed by atoms with Crippen LogP contribution in [0.1, 0.15) is 28.2 Å². The fourth-order valence-corrected chi connectivity index (χ4v) is 1.25. The van der Waals surface area contributed by atoms with E-state index in [4.69, 9.17) is 5.11 Å². The van der Waals surface area contributed by atoms with Crippen molar-refractivity contribution in [3.05, 3.63) is 23.0 Å². The number of hydrogen-bond acceptors (Lipinski definition) is 1. The average Bonchev–Trinajstić information content (AvgIpc) is 2.42. The lowest BCUT2D eigenvalue weighted by Gasteiger charge is -2.04. The molecule has 0 amide bonds. The van der Waals surface area contributed by atoms with E-state index in [0.29, 0.717) is 11.3 Å². The number of aryl methyl sites for hydroxylation is 2. The van der Waals surface area contributed by atoms with Crippen LogP contribution in [-0.4, -0.2) is 22.2 Å². The smallest absolute Gasteiger partial charge is 0.389 e. The third-order valence-electron chi connectivity index (χ3n) is 2.03. The number of carboxylic acid groups (broad SMARTS) is 1. The number of aromatic nitrogens is 1. The first-order chi connectivity index (χ1) is 6.79. The predicted octanol–water partition coefficient (Wildman–Crippen LogP) is 2.52. The first-order valence-electron chi connectivity index (χ1n) is 4.28. The van der Waals surface area contributed by atoms with Gasteiger partial charge in [0.2, 0.25) is 0 Å². The Balaban J connectivity index is 2.74. The molecule has 6 heteroatoms. The zero-order valence-electron chi connectivity index (χ0n) is 7.98. The number of aromatic amines is 1. The molecule has 0 saturated heterocycles. The Kier molecular flexibility index (Phi) is 3.06. The van der Waals surface area contributed by atoms with Gasteiger partial charge in [-0.05, 0) is 25.0 Å². The molecule has 0 fully saturated rings. The Labute approximate surface area is 83.9 Å². The van der Waals surface area contributed by atoms with Crippen LogP contribution in [0.3, 0.4) is 0 Å². The Morgan fingerprint density at radius 3 is 2.53 bits per heavy atom. The minimum Gasteiger partial charge on any atom is -0.477 e. The van der Waals surface area contributed by atoms with Gasteiger partial charge in [0, 0.05) is 12.1 Å². The highest BCUT2D eigenvalue weighted by Crippen LogP contribution is 2.23. The second kappa shape index (κ2) is 3.96. The van der Waals surface area contributed by atoms with Crippen molar-refractivity contribution in [3.8, 4) is 0 Å². The molecule has 3 nitrogen and oxygen atoms in total. The molecule has 0 atom stereocenters. The van der Waals surface area contributed by atoms with Gasteiger partial charge in [-0.1, -0.05) is 0 Å². The summed E-state index contributed by atoms with van der Waals surface area (Å²) in [6, 6.07) is 1.24. The molecular weight excluding hydrogens is 211 g/mol. The molecule has 1 aromatic rings. The molecule has 1 rings (SSSR count). The van der Waals surface area contributed by atoms with Crippen LogP contribution in [-0.2, 0) is 6.42 Å². The lowest BCUT2D eigenvalue weighted by Crippen LogP contribution is -2.08. The van der Waals surface area contributed by atoms with E-state index < -0.39 is 18.6 Å². The number of aromatic carboxylic acids is 1. The molecule has 0 aliphatic heterocycles. The molecule has 1 heterocycles. The van der Waals surface area contributed by atoms with E-state index in [1.54, 1.807) is 6.92 Å². The molecule has 0 radical (unpaired) electrons. The molecule has 0 spiro atoms. The second-order valence-corrected chi connectivity index (χ2v) is 3.25. The highest BCUT2D eigenvalue weighted by atomic mass is 19.4. The summed E-state index contributed by atoms with van der Waals surface area (Å²) in [5, 5.41) is 8.60. The minimum absolute atomic E-state index is 0.0790. The molecule has 2 N–H and O–H groups in total. The maximum Gasteiger partial charge on any atom is 0.389 e. The highest BCUT2D eigenvalue weighted by Gasteiger charge is 2.27. The van der Waals surface area contributed by atoms with E-state index >= 15 is 0 Å². The van der Waals surface area contributed by atoms with E-state index in [1.165, 1.54) is 6.07 Å². The lowest BCUT2D eigenvalue weighted by atomic mass is 10.1. The topological polar surface area (TPSA) is 53.1 Å². The standard InChI is InChI=1S/C9H10F3NO2/c1-5-6(2-3-9(10,11)12)4-7(13-5)8(14)15/h4,13H,2-3H2,1H3,(H,14,15). The predicted molar refractivity (Wildman–Crippen MR) is 46.9 cm³/mol. The number of hydrogen-bond donors (Lipinski definition) is 2. The van der Waals surface area contributed by atoms with Crippen molar-refractivity contribution >= 4 is 5.97 Å². The number of rotatable bonds is 3. The summed E-state index contributed by atoms with van der Waals surface area (Å²) < 4.78 is 35.7. The van der Waals surface area contributed by atoms with Gasteiger partial charge in [0.25, 0.3) is 0 Å². The van der Waals surface area contributed by atoms with Crippen molar-refractivity contribution in [2.45, 2.75) is 25.9 Å². The average molecular weight is 221 g/mol. The number of halogens is 3. The van der Waals surface area contributed by atoms with Gasteiger partial charge in [0.05, 0.1) is 0 Å². The molecule has 0 aliphatic carbocycles. The monoisotopic (exact) mass is 221 g/mol. The molecule has 0 aromatic carbocycles. The number of H-pyrrole nitrogens is 1. The van der Waals surface area contributed by atoms with Crippen molar-refractivity contribution in [2.24, 2.45) is 0 Å². The summed E-state index contributed by atoms with van der Waals surface area (Å²) >= 11 is 0. The third-order valence-corrected chi connectivity index (χ3v) is 2.03. The van der Waals surface area contributed by atoms with Crippen LogP contribution in [0.4, 0.5) is 13.2 Å². The van der Waals surface area contributed by atoms with Crippen LogP contribution in [0.5, 0.6) is 0 Å². The van der Waals surface area contributed by atoms with E-state index in [-0.39, 0.29) is 12.1 Å². The fraction of sp³-hybridized carbons (Fsp3) is 0.444. The van der Waals surface area contributed by atoms with E-state index in [2.05, 4.69) is 4.98 Å². The van der Waals surface area contributed by atoms with Crippen molar-refractivity contribution in [3.63, 3.8) is 0 Å². The number of carboxylic acids is 1. The number of alkyl halides is 3. The Morgan fingerprint density at radius 2 is 2.13 bits per heavy atom. The van der Waals surface area contributed by atoms with E-state index in [0.717, 1.165) is 0 Å². The molecule has 0 bridgehead atoms. The van der Waals surface area contributed by atoms with Crippen LogP contribution >= 0.6 is 0 Å². The van der Waals surface area contributed by atoms with Crippen molar-refractivity contribution in [2.75, 3.05) is 0 Å². The van der Waals surface area contributed by atoms with Crippen LogP contribution in [0.2, 0.25) is 0 Å². The minimum atomic E-state index is -4.22. The highest BCUT2D eigenvalue weighted by molar-refractivity contribution is 5.86. The largest absolute Gasteiger partial charge is 0.477 e. The third kappa shape index (κ3) is 3.30. The normalized spacial score (nSPS) is 11.7. The molecule has 15 heavy (non-hydrogen) atoms. The lowest BCUT2D eigenvalue weighted by molar-refractivity contribution is -0.134. The van der Waals surface area contributed by atoms with Gasteiger partial charge in [0.1, 0.15) is 5.69 Å². The van der Waals surface area contributed by atoms with Crippen molar-refractivity contribution in [1.29, 1.82) is 0 Å². The van der Waals surface area contributed by atoms with Crippen molar-refractivity contribution < 1.29 is 23.1 Å². The van der Waals surface area contributed by atoms with Gasteiger partial charge in [-0.3, -0.25) is 0 Å². The summed E-state index contributed by atoms with van der Waals surface area (Å²) in [6.45, 7) is 1.55. The maximum absolute atomic E-state index is 11.9. The van der Waals surface area contributed by atoms with Gasteiger partial charge in [0.15, 0.2) is 0 Å². The second-order valence-electron chi connectivity index (χ2n) is 3.25. The summed E-state index contributed by atoms with van der Waals surface area (Å²) in [7, 11) is 0. The zero-order valence-corrected chi connectivity index (χ0v) is 7.98.